The summed E-state index contributed by atoms with van der Waals surface area (Å²) in [6.07, 6.45) is 1.90. The van der Waals surface area contributed by atoms with Crippen molar-refractivity contribution in [3.63, 3.8) is 0 Å². The summed E-state index contributed by atoms with van der Waals surface area (Å²) >= 11 is 0. The van der Waals surface area contributed by atoms with Crippen LogP contribution >= 0.6 is 0 Å². The molecular formula is C15H17N3O5S. The summed E-state index contributed by atoms with van der Waals surface area (Å²) in [5, 5.41) is 2.70. The number of nitrogens with zero attached hydrogens (tertiary/aromatic N) is 1. The minimum Gasteiger partial charge on any atom is -0.454 e. The van der Waals surface area contributed by atoms with Crippen LogP contribution in [0.15, 0.2) is 34.2 Å². The smallest absolute Gasteiger partial charge is 0.331 e. The Balaban J connectivity index is 1.65. The van der Waals surface area contributed by atoms with Gasteiger partial charge < -0.3 is 10.1 Å². The summed E-state index contributed by atoms with van der Waals surface area (Å²) in [5.41, 5.74) is 0.406. The summed E-state index contributed by atoms with van der Waals surface area (Å²) in [6, 6.07) is 5.61. The first-order valence-electron chi connectivity index (χ1n) is 7.53. The maximum atomic E-state index is 12.0. The van der Waals surface area contributed by atoms with Crippen LogP contribution in [0, 0.1) is 0 Å². The zero-order valence-corrected chi connectivity index (χ0v) is 13.8. The van der Waals surface area contributed by atoms with E-state index in [1.165, 1.54) is 13.0 Å². The van der Waals surface area contributed by atoms with Gasteiger partial charge in [0.05, 0.1) is 4.90 Å². The molecule has 0 saturated heterocycles. The number of ether oxygens (including phenoxy) is 1. The number of rotatable bonds is 5. The van der Waals surface area contributed by atoms with Gasteiger partial charge in [-0.05, 0) is 31.9 Å². The Morgan fingerprint density at radius 3 is 2.79 bits per heavy atom. The van der Waals surface area contributed by atoms with Crippen LogP contribution in [0.5, 0.6) is 0 Å². The molecule has 3 rings (SSSR count). The van der Waals surface area contributed by atoms with Gasteiger partial charge in [0.15, 0.2) is 6.61 Å². The number of sulfonamides is 1. The van der Waals surface area contributed by atoms with E-state index in [1.54, 1.807) is 18.2 Å². The summed E-state index contributed by atoms with van der Waals surface area (Å²) in [4.78, 5) is 27.6. The van der Waals surface area contributed by atoms with Gasteiger partial charge in [-0.1, -0.05) is 12.1 Å². The number of fused-ring (bicyclic) bond motifs is 1. The second kappa shape index (κ2) is 6.23. The van der Waals surface area contributed by atoms with Gasteiger partial charge in [0.25, 0.3) is 15.9 Å². The van der Waals surface area contributed by atoms with Gasteiger partial charge in [0.2, 0.25) is 0 Å². The third-order valence-corrected chi connectivity index (χ3v) is 5.01. The molecule has 1 saturated carbocycles. The molecule has 0 radical (unpaired) electrons. The lowest BCUT2D eigenvalue weighted by Crippen LogP contribution is -2.32. The Kier molecular flexibility index (Phi) is 4.27. The van der Waals surface area contributed by atoms with E-state index in [0.29, 0.717) is 5.56 Å². The van der Waals surface area contributed by atoms with E-state index in [9.17, 15) is 18.0 Å². The van der Waals surface area contributed by atoms with Gasteiger partial charge in [0.1, 0.15) is 11.9 Å². The number of benzene rings is 1. The molecule has 1 aliphatic carbocycles. The van der Waals surface area contributed by atoms with Gasteiger partial charge >= 0.3 is 5.97 Å². The summed E-state index contributed by atoms with van der Waals surface area (Å²) in [5.74, 6) is -0.952. The maximum absolute atomic E-state index is 12.0. The highest BCUT2D eigenvalue weighted by Crippen LogP contribution is 2.22. The van der Waals surface area contributed by atoms with Crippen LogP contribution in [-0.4, -0.2) is 44.8 Å². The first kappa shape index (κ1) is 16.4. The first-order valence-corrected chi connectivity index (χ1v) is 9.01. The third-order valence-electron chi connectivity index (χ3n) is 3.61. The van der Waals surface area contributed by atoms with E-state index < -0.39 is 22.0 Å². The highest BCUT2D eigenvalue weighted by atomic mass is 32.2. The lowest BCUT2D eigenvalue weighted by molar-refractivity contribution is -0.149. The van der Waals surface area contributed by atoms with E-state index >= 15 is 0 Å². The second-order valence-electron chi connectivity index (χ2n) is 5.70. The minimum absolute atomic E-state index is 0.0949. The zero-order valence-electron chi connectivity index (χ0n) is 13.0. The molecule has 1 aliphatic heterocycles. The molecule has 1 heterocycles. The van der Waals surface area contributed by atoms with E-state index in [2.05, 4.69) is 15.0 Å². The van der Waals surface area contributed by atoms with Crippen molar-refractivity contribution in [2.75, 3.05) is 6.61 Å². The highest BCUT2D eigenvalue weighted by Gasteiger charge is 2.31. The Labute approximate surface area is 139 Å². The van der Waals surface area contributed by atoms with E-state index in [0.717, 1.165) is 12.8 Å². The van der Waals surface area contributed by atoms with Gasteiger partial charge in [-0.25, -0.2) is 13.2 Å². The SMILES string of the molecule is C[C@@H](N=C1NS(=O)(=O)c2ccccc21)C(=O)OCC(=O)NC1CC1. The van der Waals surface area contributed by atoms with E-state index in [1.807, 2.05) is 0 Å². The molecule has 9 heteroatoms. The minimum atomic E-state index is -3.66. The van der Waals surface area contributed by atoms with Crippen LogP contribution in [0.3, 0.4) is 0 Å². The third kappa shape index (κ3) is 3.56. The molecule has 1 aromatic carbocycles. The maximum Gasteiger partial charge on any atom is 0.331 e. The van der Waals surface area contributed by atoms with Gasteiger partial charge in [-0.15, -0.1) is 0 Å². The van der Waals surface area contributed by atoms with Crippen molar-refractivity contribution in [2.45, 2.75) is 36.7 Å². The molecule has 0 spiro atoms. The predicted octanol–water partition coefficient (Wildman–Crippen LogP) is -0.0646. The van der Waals surface area contributed by atoms with Crippen molar-refractivity contribution in [3.05, 3.63) is 29.8 Å². The number of hydrogen-bond acceptors (Lipinski definition) is 6. The van der Waals surface area contributed by atoms with Gasteiger partial charge in [-0.3, -0.25) is 14.5 Å². The van der Waals surface area contributed by atoms with Crippen molar-refractivity contribution >= 4 is 27.7 Å². The molecule has 0 aromatic heterocycles. The molecule has 1 fully saturated rings. The average molecular weight is 351 g/mol. The number of esters is 1. The van der Waals surface area contributed by atoms with Crippen LogP contribution in [0.4, 0.5) is 0 Å². The molecule has 2 aliphatic rings. The standard InChI is InChI=1S/C15H17N3O5S/c1-9(15(20)23-8-13(19)17-10-6-7-10)16-14-11-4-2-3-5-12(11)24(21,22)18-14/h2-5,9-10H,6-8H2,1H3,(H,16,18)(H,17,19)/t9-/m1/s1. The van der Waals surface area contributed by atoms with E-state index in [4.69, 9.17) is 4.74 Å². The quantitative estimate of drug-likeness (QED) is 0.721. The van der Waals surface area contributed by atoms with Crippen LogP contribution in [0.25, 0.3) is 0 Å². The summed E-state index contributed by atoms with van der Waals surface area (Å²) in [7, 11) is -3.66. The molecular weight excluding hydrogens is 334 g/mol. The Morgan fingerprint density at radius 1 is 1.38 bits per heavy atom. The fourth-order valence-corrected chi connectivity index (χ4v) is 3.47. The Morgan fingerprint density at radius 2 is 2.08 bits per heavy atom. The number of aliphatic imine (C=N–C) groups is 1. The fraction of sp³-hybridized carbons (Fsp3) is 0.400. The lowest BCUT2D eigenvalue weighted by Gasteiger charge is -2.09. The molecule has 0 bridgehead atoms. The van der Waals surface area contributed by atoms with Gasteiger partial charge in [0, 0.05) is 11.6 Å². The van der Waals surface area contributed by atoms with Crippen molar-refractivity contribution in [2.24, 2.45) is 4.99 Å². The normalized spacial score (nSPS) is 20.8. The fourth-order valence-electron chi connectivity index (χ4n) is 2.23. The van der Waals surface area contributed by atoms with Crippen molar-refractivity contribution in [1.29, 1.82) is 0 Å². The molecule has 8 nitrogen and oxygen atoms in total. The molecule has 2 N–H and O–H groups in total. The van der Waals surface area contributed by atoms with Crippen LogP contribution in [0.1, 0.15) is 25.3 Å². The van der Waals surface area contributed by atoms with Crippen LogP contribution in [-0.2, 0) is 24.3 Å². The number of carbonyl (C=O) groups is 2. The summed E-state index contributed by atoms with van der Waals surface area (Å²) in [6.45, 7) is 1.11. The van der Waals surface area contributed by atoms with E-state index in [-0.39, 0.29) is 29.3 Å². The first-order chi connectivity index (χ1) is 11.4. The molecule has 1 amide bonds. The second-order valence-corrected chi connectivity index (χ2v) is 7.36. The Hall–Kier alpha value is -2.42. The zero-order chi connectivity index (χ0) is 17.3. The number of hydrogen-bond donors (Lipinski definition) is 2. The largest absolute Gasteiger partial charge is 0.454 e. The molecule has 128 valence electrons. The highest BCUT2D eigenvalue weighted by molar-refractivity contribution is 7.90. The number of carbonyl (C=O) groups excluding carboxylic acids is 2. The van der Waals surface area contributed by atoms with Gasteiger partial charge in [-0.2, -0.15) is 0 Å². The monoisotopic (exact) mass is 351 g/mol. The number of nitrogens with one attached hydrogen (secondary N) is 2. The summed E-state index contributed by atoms with van der Waals surface area (Å²) < 4.78 is 31.2. The van der Waals surface area contributed by atoms with Crippen LogP contribution < -0.4 is 10.0 Å². The number of amides is 1. The number of amidine groups is 1. The molecule has 1 atom stereocenters. The average Bonchev–Trinajstić information content (AvgIpc) is 3.31. The van der Waals surface area contributed by atoms with Crippen molar-refractivity contribution in [1.82, 2.24) is 10.0 Å². The topological polar surface area (TPSA) is 114 Å². The predicted molar refractivity (Wildman–Crippen MR) is 84.9 cm³/mol. The van der Waals surface area contributed by atoms with Crippen molar-refractivity contribution < 1.29 is 22.7 Å². The van der Waals surface area contributed by atoms with Crippen LogP contribution in [0.2, 0.25) is 0 Å². The molecule has 0 unspecified atom stereocenters. The molecule has 1 aromatic rings. The Bertz CT molecular complexity index is 814. The lowest BCUT2D eigenvalue weighted by atomic mass is 10.2. The molecule has 24 heavy (non-hydrogen) atoms. The van der Waals surface area contributed by atoms with Crippen molar-refractivity contribution in [3.8, 4) is 0 Å².